The lowest BCUT2D eigenvalue weighted by atomic mass is 10.0. The number of carboxylic acids is 1. The Morgan fingerprint density at radius 2 is 1.57 bits per heavy atom. The molecule has 4 N–H and O–H groups in total. The molecule has 9 nitrogen and oxygen atoms in total. The van der Waals surface area contributed by atoms with E-state index in [-0.39, 0.29) is 23.5 Å². The molecule has 1 aliphatic rings. The molecular formula is C36H37ClN4O5. The number of urea groups is 1. The van der Waals surface area contributed by atoms with Crippen LogP contribution >= 0.6 is 11.6 Å². The van der Waals surface area contributed by atoms with Crippen molar-refractivity contribution in [1.29, 1.82) is 0 Å². The number of nitrogens with zero attached hydrogens (tertiary/aromatic N) is 1. The molecule has 0 spiro atoms. The summed E-state index contributed by atoms with van der Waals surface area (Å²) in [5.74, 6) is -0.708. The number of rotatable bonds is 12. The monoisotopic (exact) mass is 640 g/mol. The van der Waals surface area contributed by atoms with Gasteiger partial charge in [-0.15, -0.1) is 0 Å². The molecule has 10 heteroatoms. The molecule has 1 aliphatic heterocycles. The largest absolute Gasteiger partial charge is 0.486 e. The number of hydrogen-bond acceptors (Lipinski definition) is 5. The molecule has 1 atom stereocenters. The number of carbonyl (C=O) groups is 3. The summed E-state index contributed by atoms with van der Waals surface area (Å²) in [5.41, 5.74) is 3.30. The molecule has 1 fully saturated rings. The van der Waals surface area contributed by atoms with Crippen LogP contribution in [0.15, 0.2) is 103 Å². The summed E-state index contributed by atoms with van der Waals surface area (Å²) in [5, 5.41) is 18.9. The van der Waals surface area contributed by atoms with Crippen molar-refractivity contribution >= 4 is 35.2 Å². The molecule has 0 radical (unpaired) electrons. The van der Waals surface area contributed by atoms with Gasteiger partial charge in [0.1, 0.15) is 11.9 Å². The molecule has 0 saturated carbocycles. The quantitative estimate of drug-likeness (QED) is 0.136. The maximum absolute atomic E-state index is 12.8. The summed E-state index contributed by atoms with van der Waals surface area (Å²) >= 11 is 6.12. The minimum absolute atomic E-state index is 0.0869. The Morgan fingerprint density at radius 1 is 0.870 bits per heavy atom. The number of carboxylic acid groups (broad SMARTS) is 1. The van der Waals surface area contributed by atoms with Crippen molar-refractivity contribution < 1.29 is 24.2 Å². The highest BCUT2D eigenvalue weighted by Crippen LogP contribution is 2.26. The SMILES string of the molecule is O=C(NCCC(Oc1ccc(C(=O)Nc2ccccc2)cc1)c1ccc(C(=O)O)cc1)NC1CCN(Cc2cccc(Cl)c2)CC1. The van der Waals surface area contributed by atoms with E-state index in [0.29, 0.717) is 30.0 Å². The molecule has 1 unspecified atom stereocenters. The van der Waals surface area contributed by atoms with Crippen molar-refractivity contribution in [1.82, 2.24) is 15.5 Å². The molecular weight excluding hydrogens is 604 g/mol. The molecule has 238 valence electrons. The number of anilines is 1. The Hall–Kier alpha value is -4.86. The first-order chi connectivity index (χ1) is 22.3. The number of carbonyl (C=O) groups excluding carboxylic acids is 2. The number of ether oxygens (including phenoxy) is 1. The first kappa shape index (κ1) is 32.5. The molecule has 5 rings (SSSR count). The van der Waals surface area contributed by atoms with E-state index in [2.05, 4.69) is 26.9 Å². The third kappa shape index (κ3) is 9.57. The minimum atomic E-state index is -1.01. The van der Waals surface area contributed by atoms with Gasteiger partial charge in [0.15, 0.2) is 0 Å². The van der Waals surface area contributed by atoms with Gasteiger partial charge in [-0.25, -0.2) is 9.59 Å². The average molecular weight is 641 g/mol. The van der Waals surface area contributed by atoms with Crippen molar-refractivity contribution in [2.45, 2.75) is 38.0 Å². The highest BCUT2D eigenvalue weighted by molar-refractivity contribution is 6.30. The van der Waals surface area contributed by atoms with Gasteiger partial charge >= 0.3 is 12.0 Å². The van der Waals surface area contributed by atoms with Crippen LogP contribution in [0, 0.1) is 0 Å². The van der Waals surface area contributed by atoms with E-state index in [4.69, 9.17) is 16.3 Å². The van der Waals surface area contributed by atoms with Crippen molar-refractivity contribution in [3.05, 3.63) is 130 Å². The van der Waals surface area contributed by atoms with Gasteiger partial charge in [0.2, 0.25) is 0 Å². The maximum Gasteiger partial charge on any atom is 0.335 e. The lowest BCUT2D eigenvalue weighted by Crippen LogP contribution is -2.48. The average Bonchev–Trinajstić information content (AvgIpc) is 3.06. The van der Waals surface area contributed by atoms with Gasteiger partial charge in [-0.1, -0.05) is 54.1 Å². The summed E-state index contributed by atoms with van der Waals surface area (Å²) in [6, 6.07) is 30.2. The predicted molar refractivity (Wildman–Crippen MR) is 179 cm³/mol. The second-order valence-corrected chi connectivity index (χ2v) is 11.7. The summed E-state index contributed by atoms with van der Waals surface area (Å²) in [4.78, 5) is 39.1. The highest BCUT2D eigenvalue weighted by Gasteiger charge is 2.21. The first-order valence-corrected chi connectivity index (χ1v) is 15.7. The lowest BCUT2D eigenvalue weighted by Gasteiger charge is -2.32. The maximum atomic E-state index is 12.8. The Balaban J connectivity index is 1.13. The van der Waals surface area contributed by atoms with Crippen molar-refractivity contribution in [3.63, 3.8) is 0 Å². The van der Waals surface area contributed by atoms with Gasteiger partial charge in [-0.2, -0.15) is 0 Å². The third-order valence-electron chi connectivity index (χ3n) is 7.87. The van der Waals surface area contributed by atoms with Crippen LogP contribution in [0.1, 0.15) is 57.2 Å². The fraction of sp³-hybridized carbons (Fsp3) is 0.250. The number of para-hydroxylation sites is 1. The van der Waals surface area contributed by atoms with Gasteiger partial charge in [0.05, 0.1) is 5.56 Å². The Labute approximate surface area is 273 Å². The van der Waals surface area contributed by atoms with Gasteiger partial charge in [0, 0.05) is 54.9 Å². The molecule has 0 bridgehead atoms. The molecule has 4 aromatic rings. The fourth-order valence-corrected chi connectivity index (χ4v) is 5.60. The number of amides is 3. The number of aromatic carboxylic acids is 1. The van der Waals surface area contributed by atoms with Crippen LogP contribution < -0.4 is 20.7 Å². The number of benzene rings is 4. The van der Waals surface area contributed by atoms with E-state index in [1.807, 2.05) is 48.5 Å². The standard InChI is InChI=1S/C36H37ClN4O5/c37-29-6-4-5-25(23-29)24-41-21-18-31(19-22-41)40-36(45)38-20-17-33(26-9-11-28(12-10-26)35(43)44)46-32-15-13-27(14-16-32)34(42)39-30-7-2-1-3-8-30/h1-16,23,31,33H,17-22,24H2,(H,39,42)(H,43,44)(H2,38,40,45). The van der Waals surface area contributed by atoms with Crippen molar-refractivity contribution in [2.75, 3.05) is 25.0 Å². The number of likely N-dealkylation sites (tertiary alicyclic amines) is 1. The van der Waals surface area contributed by atoms with E-state index in [1.54, 1.807) is 36.4 Å². The van der Waals surface area contributed by atoms with Crippen LogP contribution in [0.25, 0.3) is 0 Å². The molecule has 0 aliphatic carbocycles. The zero-order valence-corrected chi connectivity index (χ0v) is 26.1. The zero-order chi connectivity index (χ0) is 32.3. The Kier molecular flexibility index (Phi) is 11.3. The Bertz CT molecular complexity index is 1610. The van der Waals surface area contributed by atoms with Gasteiger partial charge in [0.25, 0.3) is 5.91 Å². The van der Waals surface area contributed by atoms with Crippen LogP contribution in [0.4, 0.5) is 10.5 Å². The second-order valence-electron chi connectivity index (χ2n) is 11.2. The summed E-state index contributed by atoms with van der Waals surface area (Å²) in [6.07, 6.45) is 1.68. The van der Waals surface area contributed by atoms with E-state index >= 15 is 0 Å². The highest BCUT2D eigenvalue weighted by atomic mass is 35.5. The van der Waals surface area contributed by atoms with Gasteiger partial charge in [-0.3, -0.25) is 9.69 Å². The third-order valence-corrected chi connectivity index (χ3v) is 8.10. The van der Waals surface area contributed by atoms with Gasteiger partial charge in [-0.05, 0) is 84.6 Å². The van der Waals surface area contributed by atoms with Crippen molar-refractivity contribution in [2.24, 2.45) is 0 Å². The minimum Gasteiger partial charge on any atom is -0.486 e. The molecule has 46 heavy (non-hydrogen) atoms. The Morgan fingerprint density at radius 3 is 2.24 bits per heavy atom. The smallest absolute Gasteiger partial charge is 0.335 e. The second kappa shape index (κ2) is 15.9. The van der Waals surface area contributed by atoms with E-state index < -0.39 is 12.1 Å². The van der Waals surface area contributed by atoms with E-state index in [0.717, 1.165) is 43.1 Å². The molecule has 0 aromatic heterocycles. The zero-order valence-electron chi connectivity index (χ0n) is 25.3. The van der Waals surface area contributed by atoms with Crippen LogP contribution in [0.2, 0.25) is 5.02 Å². The summed E-state index contributed by atoms with van der Waals surface area (Å²) in [7, 11) is 0. The molecule has 1 heterocycles. The van der Waals surface area contributed by atoms with Gasteiger partial charge < -0.3 is 25.8 Å². The predicted octanol–water partition coefficient (Wildman–Crippen LogP) is 6.76. The van der Waals surface area contributed by atoms with Crippen LogP contribution in [-0.2, 0) is 6.54 Å². The van der Waals surface area contributed by atoms with E-state index in [1.165, 1.54) is 17.7 Å². The number of nitrogens with one attached hydrogen (secondary N) is 3. The van der Waals surface area contributed by atoms with Crippen LogP contribution in [-0.4, -0.2) is 53.6 Å². The number of hydrogen-bond donors (Lipinski definition) is 4. The van der Waals surface area contributed by atoms with E-state index in [9.17, 15) is 19.5 Å². The molecule has 4 aromatic carbocycles. The van der Waals surface area contributed by atoms with Crippen molar-refractivity contribution in [3.8, 4) is 5.75 Å². The molecule has 3 amide bonds. The summed E-state index contributed by atoms with van der Waals surface area (Å²) in [6.45, 7) is 2.93. The lowest BCUT2D eigenvalue weighted by molar-refractivity contribution is 0.0696. The number of halogens is 1. The van der Waals surface area contributed by atoms with Crippen LogP contribution in [0.5, 0.6) is 5.75 Å². The summed E-state index contributed by atoms with van der Waals surface area (Å²) < 4.78 is 6.29. The topological polar surface area (TPSA) is 120 Å². The number of piperidine rings is 1. The normalized spacial score (nSPS) is 14.2. The first-order valence-electron chi connectivity index (χ1n) is 15.3. The fourth-order valence-electron chi connectivity index (χ4n) is 5.39. The van der Waals surface area contributed by atoms with Crippen LogP contribution in [0.3, 0.4) is 0 Å². The molecule has 1 saturated heterocycles.